The Hall–Kier alpha value is -0.570. The van der Waals surface area contributed by atoms with Crippen molar-refractivity contribution in [2.75, 3.05) is 0 Å². The van der Waals surface area contributed by atoms with Crippen LogP contribution in [0, 0.1) is 0 Å². The Labute approximate surface area is 106 Å². The molecule has 0 saturated carbocycles. The quantitative estimate of drug-likeness (QED) is 0.688. The summed E-state index contributed by atoms with van der Waals surface area (Å²) in [6, 6.07) is 11.2. The van der Waals surface area contributed by atoms with E-state index in [1.807, 2.05) is 30.3 Å². The van der Waals surface area contributed by atoms with Crippen molar-refractivity contribution in [2.24, 2.45) is 0 Å². The van der Waals surface area contributed by atoms with Gasteiger partial charge >= 0.3 is 0 Å². The molecule has 0 spiro atoms. The summed E-state index contributed by atoms with van der Waals surface area (Å²) in [6.45, 7) is 0. The van der Waals surface area contributed by atoms with E-state index in [9.17, 15) is 0 Å². The number of rotatable bonds is 1. The molecule has 0 amide bonds. The largest absolute Gasteiger partial charge is 0.241 e. The van der Waals surface area contributed by atoms with Crippen LogP contribution in [0.4, 0.5) is 0 Å². The minimum atomic E-state index is 0.532. The summed E-state index contributed by atoms with van der Waals surface area (Å²) >= 11 is 15.3. The van der Waals surface area contributed by atoms with Crippen LogP contribution in [-0.2, 0) is 0 Å². The van der Waals surface area contributed by atoms with Gasteiger partial charge in [0.05, 0.1) is 15.7 Å². The molecule has 0 N–H and O–H groups in total. The Morgan fingerprint density at radius 1 is 1.00 bits per heavy atom. The van der Waals surface area contributed by atoms with Crippen LogP contribution in [0.2, 0.25) is 10.0 Å². The molecule has 0 aliphatic carbocycles. The molecule has 4 heteroatoms. The Kier molecular flexibility index (Phi) is 3.29. The lowest BCUT2D eigenvalue weighted by Gasteiger charge is -2.04. The smallest absolute Gasteiger partial charge is 0.106 e. The molecular weight excluding hydrogens is 297 g/mol. The standard InChI is InChI=1S/C11H6BrCl2N/c12-10-6-2-5-9(15-10)7-3-1-4-8(13)11(7)14/h1-6H. The lowest BCUT2D eigenvalue weighted by atomic mass is 10.1. The van der Waals surface area contributed by atoms with Crippen LogP contribution in [0.5, 0.6) is 0 Å². The molecule has 76 valence electrons. The van der Waals surface area contributed by atoms with Crippen molar-refractivity contribution in [3.8, 4) is 11.3 Å². The van der Waals surface area contributed by atoms with Gasteiger partial charge in [0.15, 0.2) is 0 Å². The minimum absolute atomic E-state index is 0.532. The molecule has 1 aromatic heterocycles. The average molecular weight is 303 g/mol. The van der Waals surface area contributed by atoms with E-state index in [1.165, 1.54) is 0 Å². The van der Waals surface area contributed by atoms with Gasteiger partial charge in [-0.25, -0.2) is 4.98 Å². The molecule has 1 nitrogen and oxygen atoms in total. The Bertz CT molecular complexity index is 500. The molecule has 0 aliphatic rings. The van der Waals surface area contributed by atoms with E-state index >= 15 is 0 Å². The van der Waals surface area contributed by atoms with Gasteiger partial charge in [0, 0.05) is 5.56 Å². The zero-order chi connectivity index (χ0) is 10.8. The molecule has 2 aromatic rings. The van der Waals surface area contributed by atoms with Crippen LogP contribution < -0.4 is 0 Å². The maximum atomic E-state index is 6.09. The summed E-state index contributed by atoms with van der Waals surface area (Å²) in [5.41, 5.74) is 1.64. The number of hydrogen-bond acceptors (Lipinski definition) is 1. The molecule has 0 saturated heterocycles. The maximum Gasteiger partial charge on any atom is 0.106 e. The molecule has 1 heterocycles. The first-order valence-electron chi connectivity index (χ1n) is 4.25. The number of pyridine rings is 1. The normalized spacial score (nSPS) is 10.3. The van der Waals surface area contributed by atoms with Crippen LogP contribution in [0.25, 0.3) is 11.3 Å². The van der Waals surface area contributed by atoms with E-state index < -0.39 is 0 Å². The van der Waals surface area contributed by atoms with Crippen LogP contribution in [0.3, 0.4) is 0 Å². The fourth-order valence-corrected chi connectivity index (χ4v) is 2.00. The van der Waals surface area contributed by atoms with Crippen LogP contribution in [0.15, 0.2) is 41.0 Å². The monoisotopic (exact) mass is 301 g/mol. The van der Waals surface area contributed by atoms with Gasteiger partial charge in [-0.05, 0) is 34.1 Å². The van der Waals surface area contributed by atoms with Crippen LogP contribution in [0.1, 0.15) is 0 Å². The van der Waals surface area contributed by atoms with Gasteiger partial charge in [0.1, 0.15) is 4.60 Å². The zero-order valence-electron chi connectivity index (χ0n) is 7.55. The molecule has 0 bridgehead atoms. The summed E-state index contributed by atoms with van der Waals surface area (Å²) in [6.07, 6.45) is 0. The highest BCUT2D eigenvalue weighted by molar-refractivity contribution is 9.10. The fourth-order valence-electron chi connectivity index (χ4n) is 1.26. The minimum Gasteiger partial charge on any atom is -0.241 e. The first kappa shape index (κ1) is 10.9. The van der Waals surface area contributed by atoms with Crippen LogP contribution >= 0.6 is 39.1 Å². The summed E-state index contributed by atoms with van der Waals surface area (Å²) in [5.74, 6) is 0. The first-order chi connectivity index (χ1) is 7.18. The topological polar surface area (TPSA) is 12.9 Å². The molecular formula is C11H6BrCl2N. The maximum absolute atomic E-state index is 6.09. The van der Waals surface area contributed by atoms with E-state index in [-0.39, 0.29) is 0 Å². The number of hydrogen-bond donors (Lipinski definition) is 0. The van der Waals surface area contributed by atoms with Gasteiger partial charge < -0.3 is 0 Å². The molecule has 15 heavy (non-hydrogen) atoms. The van der Waals surface area contributed by atoms with Gasteiger partial charge in [-0.15, -0.1) is 0 Å². The van der Waals surface area contributed by atoms with E-state index in [1.54, 1.807) is 6.07 Å². The summed E-state index contributed by atoms with van der Waals surface area (Å²) in [5, 5.41) is 1.07. The molecule has 0 atom stereocenters. The SMILES string of the molecule is Clc1cccc(-c2cccc(Br)n2)c1Cl. The fraction of sp³-hybridized carbons (Fsp3) is 0. The Morgan fingerprint density at radius 3 is 2.47 bits per heavy atom. The predicted molar refractivity (Wildman–Crippen MR) is 67.4 cm³/mol. The number of nitrogens with zero attached hydrogens (tertiary/aromatic N) is 1. The summed E-state index contributed by atoms with van der Waals surface area (Å²) in [7, 11) is 0. The molecule has 0 radical (unpaired) electrons. The number of benzene rings is 1. The highest BCUT2D eigenvalue weighted by Gasteiger charge is 2.07. The Balaban J connectivity index is 2.59. The summed E-state index contributed by atoms with van der Waals surface area (Å²) < 4.78 is 0.774. The van der Waals surface area contributed by atoms with Crippen molar-refractivity contribution >= 4 is 39.1 Å². The molecule has 2 rings (SSSR count). The van der Waals surface area contributed by atoms with Gasteiger partial charge in [-0.3, -0.25) is 0 Å². The van der Waals surface area contributed by atoms with Gasteiger partial charge in [-0.1, -0.05) is 41.4 Å². The first-order valence-corrected chi connectivity index (χ1v) is 5.80. The lowest BCUT2D eigenvalue weighted by Crippen LogP contribution is -1.85. The van der Waals surface area contributed by atoms with Gasteiger partial charge in [0.2, 0.25) is 0 Å². The lowest BCUT2D eigenvalue weighted by molar-refractivity contribution is 1.28. The molecule has 0 fully saturated rings. The van der Waals surface area contributed by atoms with Crippen molar-refractivity contribution in [3.05, 3.63) is 51.0 Å². The molecule has 0 aliphatic heterocycles. The van der Waals surface area contributed by atoms with E-state index in [2.05, 4.69) is 20.9 Å². The van der Waals surface area contributed by atoms with E-state index in [0.29, 0.717) is 10.0 Å². The van der Waals surface area contributed by atoms with Crippen molar-refractivity contribution in [1.29, 1.82) is 0 Å². The highest BCUT2D eigenvalue weighted by atomic mass is 79.9. The third-order valence-corrected chi connectivity index (χ3v) is 3.20. The third-order valence-electron chi connectivity index (χ3n) is 1.94. The zero-order valence-corrected chi connectivity index (χ0v) is 10.6. The van der Waals surface area contributed by atoms with Crippen LogP contribution in [-0.4, -0.2) is 4.98 Å². The van der Waals surface area contributed by atoms with Gasteiger partial charge in [0.25, 0.3) is 0 Å². The number of halogens is 3. The van der Waals surface area contributed by atoms with Crippen molar-refractivity contribution in [3.63, 3.8) is 0 Å². The second kappa shape index (κ2) is 4.52. The van der Waals surface area contributed by atoms with Crippen molar-refractivity contribution in [1.82, 2.24) is 4.98 Å². The predicted octanol–water partition coefficient (Wildman–Crippen LogP) is 4.82. The van der Waals surface area contributed by atoms with Gasteiger partial charge in [-0.2, -0.15) is 0 Å². The highest BCUT2D eigenvalue weighted by Crippen LogP contribution is 2.32. The second-order valence-corrected chi connectivity index (χ2v) is 4.54. The van der Waals surface area contributed by atoms with E-state index in [4.69, 9.17) is 23.2 Å². The summed E-state index contributed by atoms with van der Waals surface area (Å²) in [4.78, 5) is 4.32. The third kappa shape index (κ3) is 2.33. The van der Waals surface area contributed by atoms with Crippen molar-refractivity contribution < 1.29 is 0 Å². The number of aromatic nitrogens is 1. The molecule has 1 aromatic carbocycles. The average Bonchev–Trinajstić information content (AvgIpc) is 2.22. The van der Waals surface area contributed by atoms with E-state index in [0.717, 1.165) is 15.9 Å². The second-order valence-electron chi connectivity index (χ2n) is 2.95. The van der Waals surface area contributed by atoms with Crippen molar-refractivity contribution in [2.45, 2.75) is 0 Å². The Morgan fingerprint density at radius 2 is 1.73 bits per heavy atom. The molecule has 0 unspecified atom stereocenters.